The monoisotopic (exact) mass is 258 g/mol. The molecule has 18 heavy (non-hydrogen) atoms. The molecule has 102 valence electrons. The second-order valence-corrected chi connectivity index (χ2v) is 5.43. The van der Waals surface area contributed by atoms with Crippen LogP contribution in [0.5, 0.6) is 0 Å². The maximum atomic E-state index is 13.4. The van der Waals surface area contributed by atoms with E-state index in [2.05, 4.69) is 0 Å². The van der Waals surface area contributed by atoms with Gasteiger partial charge in [0, 0.05) is 12.5 Å². The Morgan fingerprint density at radius 1 is 0.944 bits per heavy atom. The fraction of sp³-hybridized carbons (Fsp3) is 0.600. The molecule has 0 N–H and O–H groups in total. The number of rotatable bonds is 4. The lowest BCUT2D eigenvalue weighted by atomic mass is 9.87. The van der Waals surface area contributed by atoms with Crippen LogP contribution in [0.2, 0.25) is 0 Å². The van der Waals surface area contributed by atoms with Crippen LogP contribution in [0.25, 0.3) is 0 Å². The largest absolute Gasteiger partial charge is 0.270 e. The molecule has 1 aromatic rings. The molecule has 2 unspecified atom stereocenters. The van der Waals surface area contributed by atoms with E-state index in [1.807, 2.05) is 20.8 Å². The predicted molar refractivity (Wildman–Crippen MR) is 68.8 cm³/mol. The number of hydrogen-bond acceptors (Lipinski definition) is 0. The molecule has 0 bridgehead atoms. The first kappa shape index (κ1) is 15.1. The van der Waals surface area contributed by atoms with E-state index >= 15 is 0 Å². The van der Waals surface area contributed by atoms with Gasteiger partial charge in [-0.25, -0.2) is 13.2 Å². The van der Waals surface area contributed by atoms with Crippen LogP contribution in [0.15, 0.2) is 18.2 Å². The summed E-state index contributed by atoms with van der Waals surface area (Å²) >= 11 is 0. The van der Waals surface area contributed by atoms with Gasteiger partial charge in [0.25, 0.3) is 5.92 Å². The SMILES string of the molecule is CC(F)c1cc(C(C)C(C)C)cc(C(C)(F)F)c1. The van der Waals surface area contributed by atoms with E-state index in [0.29, 0.717) is 11.5 Å². The summed E-state index contributed by atoms with van der Waals surface area (Å²) in [5.74, 6) is -2.48. The average molecular weight is 258 g/mol. The molecule has 0 amide bonds. The summed E-state index contributed by atoms with van der Waals surface area (Å²) in [5, 5.41) is 0. The third-order valence-electron chi connectivity index (χ3n) is 3.47. The first-order valence-corrected chi connectivity index (χ1v) is 6.30. The molecule has 0 nitrogen and oxygen atoms in total. The molecule has 0 saturated carbocycles. The summed E-state index contributed by atoms with van der Waals surface area (Å²) in [6.07, 6.45) is -1.23. The normalized spacial score (nSPS) is 15.8. The quantitative estimate of drug-likeness (QED) is 0.660. The topological polar surface area (TPSA) is 0 Å². The van der Waals surface area contributed by atoms with Gasteiger partial charge in [0.05, 0.1) is 0 Å². The lowest BCUT2D eigenvalue weighted by Crippen LogP contribution is -2.11. The summed E-state index contributed by atoms with van der Waals surface area (Å²) in [6, 6.07) is 4.46. The smallest absolute Gasteiger partial charge is 0.243 e. The molecule has 0 radical (unpaired) electrons. The van der Waals surface area contributed by atoms with Gasteiger partial charge in [-0.05, 0) is 42.0 Å². The third kappa shape index (κ3) is 3.50. The van der Waals surface area contributed by atoms with E-state index < -0.39 is 12.1 Å². The molecule has 0 aliphatic rings. The molecule has 3 heteroatoms. The Morgan fingerprint density at radius 2 is 1.44 bits per heavy atom. The van der Waals surface area contributed by atoms with Crippen molar-refractivity contribution in [2.45, 2.75) is 52.6 Å². The van der Waals surface area contributed by atoms with Crippen molar-refractivity contribution in [1.82, 2.24) is 0 Å². The Morgan fingerprint density at radius 3 is 1.83 bits per heavy atom. The zero-order valence-electron chi connectivity index (χ0n) is 11.6. The maximum Gasteiger partial charge on any atom is 0.270 e. The highest BCUT2D eigenvalue weighted by molar-refractivity contribution is 5.35. The molecule has 0 spiro atoms. The van der Waals surface area contributed by atoms with Crippen LogP contribution in [0.1, 0.15) is 63.4 Å². The van der Waals surface area contributed by atoms with Gasteiger partial charge in [-0.3, -0.25) is 0 Å². The third-order valence-corrected chi connectivity index (χ3v) is 3.47. The number of benzene rings is 1. The highest BCUT2D eigenvalue weighted by atomic mass is 19.3. The Kier molecular flexibility index (Phi) is 4.46. The van der Waals surface area contributed by atoms with Crippen LogP contribution in [-0.2, 0) is 5.92 Å². The highest BCUT2D eigenvalue weighted by Crippen LogP contribution is 2.34. The average Bonchev–Trinajstić information content (AvgIpc) is 2.26. The van der Waals surface area contributed by atoms with E-state index in [1.54, 1.807) is 6.07 Å². The molecule has 0 heterocycles. The molecule has 0 fully saturated rings. The summed E-state index contributed by atoms with van der Waals surface area (Å²) < 4.78 is 40.2. The maximum absolute atomic E-state index is 13.4. The Bertz CT molecular complexity index is 403. The second kappa shape index (κ2) is 5.33. The first-order chi connectivity index (χ1) is 8.12. The Hall–Kier alpha value is -0.990. The minimum atomic E-state index is -2.93. The van der Waals surface area contributed by atoms with Crippen molar-refractivity contribution in [2.75, 3.05) is 0 Å². The second-order valence-electron chi connectivity index (χ2n) is 5.43. The van der Waals surface area contributed by atoms with E-state index in [4.69, 9.17) is 0 Å². The van der Waals surface area contributed by atoms with Gasteiger partial charge in [0.15, 0.2) is 0 Å². The van der Waals surface area contributed by atoms with E-state index in [9.17, 15) is 13.2 Å². The minimum Gasteiger partial charge on any atom is -0.243 e. The van der Waals surface area contributed by atoms with Crippen LogP contribution < -0.4 is 0 Å². The van der Waals surface area contributed by atoms with Gasteiger partial charge in [-0.15, -0.1) is 0 Å². The number of halogens is 3. The molecule has 0 aliphatic heterocycles. The van der Waals surface area contributed by atoms with Gasteiger partial charge >= 0.3 is 0 Å². The van der Waals surface area contributed by atoms with Gasteiger partial charge in [-0.1, -0.05) is 26.8 Å². The fourth-order valence-corrected chi connectivity index (χ4v) is 1.81. The van der Waals surface area contributed by atoms with E-state index in [1.165, 1.54) is 19.1 Å². The fourth-order valence-electron chi connectivity index (χ4n) is 1.81. The van der Waals surface area contributed by atoms with Gasteiger partial charge in [0.1, 0.15) is 6.17 Å². The lowest BCUT2D eigenvalue weighted by Gasteiger charge is -2.21. The van der Waals surface area contributed by atoms with Gasteiger partial charge in [0.2, 0.25) is 0 Å². The van der Waals surface area contributed by atoms with E-state index in [0.717, 1.165) is 12.5 Å². The van der Waals surface area contributed by atoms with Gasteiger partial charge in [-0.2, -0.15) is 0 Å². The number of hydrogen-bond donors (Lipinski definition) is 0. The van der Waals surface area contributed by atoms with Crippen molar-refractivity contribution in [2.24, 2.45) is 5.92 Å². The van der Waals surface area contributed by atoms with Crippen LogP contribution in [0, 0.1) is 5.92 Å². The zero-order valence-corrected chi connectivity index (χ0v) is 11.6. The molecule has 1 aromatic carbocycles. The van der Waals surface area contributed by atoms with Gasteiger partial charge < -0.3 is 0 Å². The van der Waals surface area contributed by atoms with Crippen molar-refractivity contribution in [1.29, 1.82) is 0 Å². The van der Waals surface area contributed by atoms with Crippen molar-refractivity contribution >= 4 is 0 Å². The van der Waals surface area contributed by atoms with E-state index in [-0.39, 0.29) is 11.5 Å². The van der Waals surface area contributed by atoms with Crippen LogP contribution >= 0.6 is 0 Å². The molecule has 2 atom stereocenters. The number of alkyl halides is 3. The molecule has 0 aromatic heterocycles. The molecule has 0 aliphatic carbocycles. The Labute approximate surface area is 107 Å². The summed E-state index contributed by atoms with van der Waals surface area (Å²) in [4.78, 5) is 0. The Balaban J connectivity index is 3.31. The summed E-state index contributed by atoms with van der Waals surface area (Å²) in [5.41, 5.74) is 1.01. The standard InChI is InChI=1S/C15H21F3/c1-9(2)10(3)12-6-13(11(4)16)8-14(7-12)15(5,17)18/h6-11H,1-5H3. The summed E-state index contributed by atoms with van der Waals surface area (Å²) in [6.45, 7) is 8.25. The molecule has 1 rings (SSSR count). The minimum absolute atomic E-state index is 0.105. The van der Waals surface area contributed by atoms with Crippen molar-refractivity contribution in [3.8, 4) is 0 Å². The van der Waals surface area contributed by atoms with Crippen LogP contribution in [-0.4, -0.2) is 0 Å². The molecular formula is C15H21F3. The highest BCUT2D eigenvalue weighted by Gasteiger charge is 2.27. The van der Waals surface area contributed by atoms with Crippen LogP contribution in [0.4, 0.5) is 13.2 Å². The predicted octanol–water partition coefficient (Wildman–Crippen LogP) is 5.59. The van der Waals surface area contributed by atoms with Crippen molar-refractivity contribution < 1.29 is 13.2 Å². The van der Waals surface area contributed by atoms with Crippen molar-refractivity contribution in [3.63, 3.8) is 0 Å². The lowest BCUT2D eigenvalue weighted by molar-refractivity contribution is 0.0172. The van der Waals surface area contributed by atoms with Crippen molar-refractivity contribution in [3.05, 3.63) is 34.9 Å². The zero-order chi connectivity index (χ0) is 14.1. The molecular weight excluding hydrogens is 237 g/mol. The van der Waals surface area contributed by atoms with Crippen LogP contribution in [0.3, 0.4) is 0 Å². The first-order valence-electron chi connectivity index (χ1n) is 6.30. The summed E-state index contributed by atoms with van der Waals surface area (Å²) in [7, 11) is 0. The molecule has 0 saturated heterocycles.